The van der Waals surface area contributed by atoms with Crippen LogP contribution in [0.15, 0.2) is 17.5 Å². The molecule has 19 heavy (non-hydrogen) atoms. The smallest absolute Gasteiger partial charge is 0.293 e. The molecule has 1 aromatic heterocycles. The predicted molar refractivity (Wildman–Crippen MR) is 77.2 cm³/mol. The van der Waals surface area contributed by atoms with Crippen molar-refractivity contribution in [3.63, 3.8) is 0 Å². The van der Waals surface area contributed by atoms with Gasteiger partial charge in [0.1, 0.15) is 11.2 Å². The van der Waals surface area contributed by atoms with Crippen LogP contribution in [0, 0.1) is 0 Å². The SMILES string of the molecule is CC(C)(C)OC=O.OC1(c2cccs2)CCNCC1. The first-order chi connectivity index (χ1) is 8.87. The maximum absolute atomic E-state index is 10.2. The van der Waals surface area contributed by atoms with Gasteiger partial charge in [0, 0.05) is 4.88 Å². The van der Waals surface area contributed by atoms with E-state index in [1.54, 1.807) is 11.3 Å². The molecule has 0 aliphatic carbocycles. The monoisotopic (exact) mass is 285 g/mol. The molecule has 0 bridgehead atoms. The lowest BCUT2D eigenvalue weighted by Gasteiger charge is -2.31. The van der Waals surface area contributed by atoms with Gasteiger partial charge in [-0.15, -0.1) is 11.3 Å². The summed E-state index contributed by atoms with van der Waals surface area (Å²) in [7, 11) is 0. The highest BCUT2D eigenvalue weighted by molar-refractivity contribution is 7.10. The van der Waals surface area contributed by atoms with E-state index in [-0.39, 0.29) is 5.60 Å². The lowest BCUT2D eigenvalue weighted by molar-refractivity contribution is -0.138. The van der Waals surface area contributed by atoms with Crippen molar-refractivity contribution >= 4 is 17.8 Å². The Balaban J connectivity index is 0.000000224. The van der Waals surface area contributed by atoms with Crippen LogP contribution in [0.5, 0.6) is 0 Å². The number of thiophene rings is 1. The van der Waals surface area contributed by atoms with E-state index < -0.39 is 5.60 Å². The maximum Gasteiger partial charge on any atom is 0.293 e. The van der Waals surface area contributed by atoms with Crippen LogP contribution in [0.3, 0.4) is 0 Å². The largest absolute Gasteiger partial charge is 0.462 e. The van der Waals surface area contributed by atoms with Crippen LogP contribution in [-0.2, 0) is 15.1 Å². The standard InChI is InChI=1S/C9H13NOS.C5H10O2/c11-9(3-5-10-6-4-9)8-2-1-7-12-8;1-5(2,3)7-4-6/h1-2,7,10-11H,3-6H2;4H,1-3H3. The molecule has 0 saturated carbocycles. The Kier molecular flexibility index (Phi) is 5.97. The molecule has 2 heterocycles. The number of rotatable bonds is 2. The fourth-order valence-corrected chi connectivity index (χ4v) is 2.66. The number of piperidine rings is 1. The minimum Gasteiger partial charge on any atom is -0.462 e. The topological polar surface area (TPSA) is 58.6 Å². The zero-order chi connectivity index (χ0) is 14.4. The average molecular weight is 285 g/mol. The third-order valence-corrected chi connectivity index (χ3v) is 3.88. The van der Waals surface area contributed by atoms with Gasteiger partial charge in [0.05, 0.1) is 0 Å². The summed E-state index contributed by atoms with van der Waals surface area (Å²) in [6.07, 6.45) is 1.68. The van der Waals surface area contributed by atoms with Crippen molar-refractivity contribution in [3.8, 4) is 0 Å². The third-order valence-electron chi connectivity index (χ3n) is 2.81. The minimum absolute atomic E-state index is 0.318. The van der Waals surface area contributed by atoms with Gasteiger partial charge in [0.2, 0.25) is 0 Å². The van der Waals surface area contributed by atoms with Crippen molar-refractivity contribution in [2.75, 3.05) is 13.1 Å². The molecule has 1 aliphatic rings. The summed E-state index contributed by atoms with van der Waals surface area (Å²) in [6, 6.07) is 4.02. The Hall–Kier alpha value is -0.910. The molecule has 0 unspecified atom stereocenters. The summed E-state index contributed by atoms with van der Waals surface area (Å²) in [5.74, 6) is 0. The van der Waals surface area contributed by atoms with Crippen LogP contribution in [0.1, 0.15) is 38.5 Å². The summed E-state index contributed by atoms with van der Waals surface area (Å²) < 4.78 is 4.55. The fourth-order valence-electron chi connectivity index (χ4n) is 1.77. The number of carbonyl (C=O) groups is 1. The lowest BCUT2D eigenvalue weighted by Crippen LogP contribution is -2.39. The molecule has 2 N–H and O–H groups in total. The van der Waals surface area contributed by atoms with Gasteiger partial charge < -0.3 is 15.2 Å². The van der Waals surface area contributed by atoms with Crippen molar-refractivity contribution in [3.05, 3.63) is 22.4 Å². The van der Waals surface area contributed by atoms with Gasteiger partial charge in [-0.1, -0.05) is 6.07 Å². The van der Waals surface area contributed by atoms with Crippen LogP contribution < -0.4 is 5.32 Å². The number of aliphatic hydroxyl groups is 1. The van der Waals surface area contributed by atoms with Gasteiger partial charge in [-0.25, -0.2) is 0 Å². The van der Waals surface area contributed by atoms with Crippen molar-refractivity contribution in [1.82, 2.24) is 5.32 Å². The van der Waals surface area contributed by atoms with E-state index in [1.165, 1.54) is 0 Å². The Labute approximate surface area is 118 Å². The van der Waals surface area contributed by atoms with Crippen LogP contribution in [0.4, 0.5) is 0 Å². The van der Waals surface area contributed by atoms with Gasteiger partial charge in [-0.3, -0.25) is 4.79 Å². The molecule has 1 aromatic rings. The predicted octanol–water partition coefficient (Wildman–Crippen LogP) is 2.28. The lowest BCUT2D eigenvalue weighted by atomic mass is 9.91. The summed E-state index contributed by atoms with van der Waals surface area (Å²) in [5, 5.41) is 15.5. The van der Waals surface area contributed by atoms with E-state index in [9.17, 15) is 9.90 Å². The van der Waals surface area contributed by atoms with E-state index in [1.807, 2.05) is 38.3 Å². The molecule has 1 aliphatic heterocycles. The molecule has 1 fully saturated rings. The van der Waals surface area contributed by atoms with Gasteiger partial charge in [0.25, 0.3) is 6.47 Å². The Morgan fingerprint density at radius 1 is 1.42 bits per heavy atom. The molecular weight excluding hydrogens is 262 g/mol. The number of carbonyl (C=O) groups excluding carboxylic acids is 1. The first kappa shape index (κ1) is 16.1. The fraction of sp³-hybridized carbons (Fsp3) is 0.643. The van der Waals surface area contributed by atoms with E-state index in [4.69, 9.17) is 0 Å². The highest BCUT2D eigenvalue weighted by atomic mass is 32.1. The van der Waals surface area contributed by atoms with Gasteiger partial charge in [-0.2, -0.15) is 0 Å². The van der Waals surface area contributed by atoms with Crippen LogP contribution in [0.25, 0.3) is 0 Å². The Bertz CT molecular complexity index is 365. The summed E-state index contributed by atoms with van der Waals surface area (Å²) in [5.41, 5.74) is -0.860. The Morgan fingerprint density at radius 3 is 2.42 bits per heavy atom. The molecule has 0 radical (unpaired) electrons. The maximum atomic E-state index is 10.2. The van der Waals surface area contributed by atoms with E-state index in [0.29, 0.717) is 6.47 Å². The zero-order valence-corrected chi connectivity index (χ0v) is 12.6. The van der Waals surface area contributed by atoms with E-state index >= 15 is 0 Å². The second-order valence-corrected chi connectivity index (χ2v) is 6.53. The molecular formula is C14H23NO3S. The summed E-state index contributed by atoms with van der Waals surface area (Å²) >= 11 is 1.65. The van der Waals surface area contributed by atoms with Crippen molar-refractivity contribution in [2.24, 2.45) is 0 Å². The average Bonchev–Trinajstić information content (AvgIpc) is 2.83. The molecule has 2 rings (SSSR count). The molecule has 0 spiro atoms. The second-order valence-electron chi connectivity index (χ2n) is 5.59. The second kappa shape index (κ2) is 7.03. The first-order valence-corrected chi connectivity index (χ1v) is 7.34. The summed E-state index contributed by atoms with van der Waals surface area (Å²) in [6.45, 7) is 7.77. The quantitative estimate of drug-likeness (QED) is 0.819. The molecule has 4 nitrogen and oxygen atoms in total. The van der Waals surface area contributed by atoms with E-state index in [2.05, 4.69) is 10.1 Å². The van der Waals surface area contributed by atoms with Crippen molar-refractivity contribution in [1.29, 1.82) is 0 Å². The number of nitrogens with one attached hydrogen (secondary N) is 1. The number of ether oxygens (including phenoxy) is 1. The van der Waals surface area contributed by atoms with Crippen molar-refractivity contribution in [2.45, 2.75) is 44.8 Å². The number of hydrogen-bond acceptors (Lipinski definition) is 5. The van der Waals surface area contributed by atoms with Crippen LogP contribution in [0.2, 0.25) is 0 Å². The molecule has 0 amide bonds. The first-order valence-electron chi connectivity index (χ1n) is 6.46. The molecule has 0 atom stereocenters. The van der Waals surface area contributed by atoms with Gasteiger partial charge in [-0.05, 0) is 58.1 Å². The normalized spacial score (nSPS) is 18.1. The highest BCUT2D eigenvalue weighted by Crippen LogP contribution is 2.33. The van der Waals surface area contributed by atoms with E-state index in [0.717, 1.165) is 30.8 Å². The summed E-state index contributed by atoms with van der Waals surface area (Å²) in [4.78, 5) is 10.7. The van der Waals surface area contributed by atoms with Crippen molar-refractivity contribution < 1.29 is 14.6 Å². The molecule has 5 heteroatoms. The molecule has 108 valence electrons. The molecule has 1 saturated heterocycles. The number of hydrogen-bond donors (Lipinski definition) is 2. The van der Waals surface area contributed by atoms with Crippen LogP contribution >= 0.6 is 11.3 Å². The zero-order valence-electron chi connectivity index (χ0n) is 11.8. The van der Waals surface area contributed by atoms with Gasteiger partial charge >= 0.3 is 0 Å². The third kappa shape index (κ3) is 5.72. The van der Waals surface area contributed by atoms with Crippen LogP contribution in [-0.4, -0.2) is 30.3 Å². The molecule has 0 aromatic carbocycles. The minimum atomic E-state index is -0.542. The Morgan fingerprint density at radius 2 is 2.05 bits per heavy atom. The van der Waals surface area contributed by atoms with Gasteiger partial charge in [0.15, 0.2) is 0 Å². The highest BCUT2D eigenvalue weighted by Gasteiger charge is 2.31.